The van der Waals surface area contributed by atoms with Gasteiger partial charge in [-0.3, -0.25) is 9.59 Å². The molecule has 8 heteroatoms. The molecule has 0 bridgehead atoms. The van der Waals surface area contributed by atoms with Crippen molar-refractivity contribution >= 4 is 17.9 Å². The molecule has 1 N–H and O–H groups in total. The number of aliphatic carboxylic acids is 1. The maximum absolute atomic E-state index is 12.8. The summed E-state index contributed by atoms with van der Waals surface area (Å²) in [5.74, 6) is -1.59. The monoisotopic (exact) mass is 891 g/mol. The molecule has 0 saturated carbocycles. The van der Waals surface area contributed by atoms with Crippen LogP contribution in [0.2, 0.25) is 0 Å². The Bertz CT molecular complexity index is 1410. The van der Waals surface area contributed by atoms with Crippen molar-refractivity contribution in [2.24, 2.45) is 0 Å². The molecule has 0 spiro atoms. The highest BCUT2D eigenvalue weighted by molar-refractivity contribution is 5.72. The van der Waals surface area contributed by atoms with Crippen molar-refractivity contribution in [1.29, 1.82) is 0 Å². The van der Waals surface area contributed by atoms with Crippen LogP contribution < -0.4 is 0 Å². The number of allylic oxidation sites excluding steroid dienone is 18. The molecule has 64 heavy (non-hydrogen) atoms. The number of carbonyl (C=O) groups is 3. The topological polar surface area (TPSA) is 99.1 Å². The first-order valence-electron chi connectivity index (χ1n) is 24.9. The van der Waals surface area contributed by atoms with Gasteiger partial charge in [-0.05, 0) is 83.5 Å². The lowest BCUT2D eigenvalue weighted by atomic mass is 10.0. The number of hydrogen-bond donors (Lipinski definition) is 1. The van der Waals surface area contributed by atoms with Crippen molar-refractivity contribution in [2.45, 2.75) is 187 Å². The van der Waals surface area contributed by atoms with Crippen LogP contribution in [0.1, 0.15) is 174 Å². The van der Waals surface area contributed by atoms with Crippen LogP contribution in [0.3, 0.4) is 0 Å². The van der Waals surface area contributed by atoms with E-state index in [-0.39, 0.29) is 42.7 Å². The van der Waals surface area contributed by atoms with Crippen LogP contribution in [0.5, 0.6) is 0 Å². The summed E-state index contributed by atoms with van der Waals surface area (Å²) in [6.45, 7) is 4.42. The van der Waals surface area contributed by atoms with Crippen molar-refractivity contribution in [3.63, 3.8) is 0 Å². The molecule has 0 fully saturated rings. The fourth-order valence-electron chi connectivity index (χ4n) is 6.66. The predicted molar refractivity (Wildman–Crippen MR) is 270 cm³/mol. The molecule has 0 aliphatic heterocycles. The Morgan fingerprint density at radius 3 is 1.28 bits per heavy atom. The third kappa shape index (κ3) is 43.3. The van der Waals surface area contributed by atoms with E-state index in [0.717, 1.165) is 77.0 Å². The summed E-state index contributed by atoms with van der Waals surface area (Å²) < 4.78 is 17.3. The Kier molecular flexibility index (Phi) is 42.7. The van der Waals surface area contributed by atoms with E-state index in [9.17, 15) is 19.5 Å². The molecule has 0 rings (SSSR count). The molecule has 2 atom stereocenters. The Balaban J connectivity index is 4.39. The minimum absolute atomic E-state index is 0.0299. The third-order valence-electron chi connectivity index (χ3n) is 10.4. The number of ether oxygens (including phenoxy) is 3. The van der Waals surface area contributed by atoms with Gasteiger partial charge in [0.15, 0.2) is 12.1 Å². The molecule has 0 amide bonds. The van der Waals surface area contributed by atoms with Gasteiger partial charge in [0, 0.05) is 19.3 Å². The normalized spacial score (nSPS) is 13.8. The molecule has 0 aromatic rings. The number of rotatable bonds is 43. The number of esters is 2. The minimum atomic E-state index is -0.889. The average Bonchev–Trinajstić information content (AvgIpc) is 3.26. The van der Waals surface area contributed by atoms with Crippen molar-refractivity contribution in [3.8, 4) is 0 Å². The van der Waals surface area contributed by atoms with E-state index in [0.29, 0.717) is 19.3 Å². The van der Waals surface area contributed by atoms with Crippen molar-refractivity contribution < 1.29 is 38.2 Å². The Morgan fingerprint density at radius 1 is 0.469 bits per heavy atom. The number of carbonyl (C=O) groups excluding carboxylic acids is 2. The van der Waals surface area contributed by atoms with E-state index in [1.165, 1.54) is 57.8 Å². The van der Waals surface area contributed by atoms with Gasteiger partial charge in [0.2, 0.25) is 0 Å². The summed E-state index contributed by atoms with van der Waals surface area (Å²) in [5.41, 5.74) is 0. The molecule has 0 radical (unpaired) electrons. The highest BCUT2D eigenvalue weighted by atomic mass is 16.6. The molecular formula is C56H92NO7+. The lowest BCUT2D eigenvalue weighted by Gasteiger charge is -2.31. The van der Waals surface area contributed by atoms with Gasteiger partial charge in [-0.25, -0.2) is 4.79 Å². The summed E-state index contributed by atoms with van der Waals surface area (Å²) in [4.78, 5) is 37.1. The van der Waals surface area contributed by atoms with Crippen LogP contribution in [0.25, 0.3) is 0 Å². The first kappa shape index (κ1) is 60.0. The van der Waals surface area contributed by atoms with Gasteiger partial charge in [-0.2, -0.15) is 0 Å². The Labute approximate surface area is 391 Å². The van der Waals surface area contributed by atoms with Crippen molar-refractivity contribution in [3.05, 3.63) is 109 Å². The van der Waals surface area contributed by atoms with Crippen LogP contribution in [0, 0.1) is 0 Å². The zero-order chi connectivity index (χ0) is 47.0. The van der Waals surface area contributed by atoms with Gasteiger partial charge >= 0.3 is 17.9 Å². The number of likely N-dealkylation sites (N-methyl/N-ethyl adjacent to an activating group) is 1. The molecular weight excluding hydrogens is 799 g/mol. The summed E-state index contributed by atoms with van der Waals surface area (Å²) in [6.07, 6.45) is 63.0. The molecule has 0 saturated heterocycles. The smallest absolute Gasteiger partial charge is 0.362 e. The molecule has 362 valence electrons. The predicted octanol–water partition coefficient (Wildman–Crippen LogP) is 14.4. The summed E-state index contributed by atoms with van der Waals surface area (Å²) in [6, 6.07) is -0.633. The van der Waals surface area contributed by atoms with Crippen LogP contribution >= 0.6 is 0 Å². The SMILES string of the molecule is CC/C=C/C/C=C/C/C=C/C/C=C/C/C=C/C/C=C/CCC(=O)OCC(COCCC(C(=O)O)[N+](C)(C)C)OC(=O)CCCCCCCCCCCCC/C=C/C/C=C/C/C=C/CC. The maximum Gasteiger partial charge on any atom is 0.362 e. The van der Waals surface area contributed by atoms with Gasteiger partial charge in [0.1, 0.15) is 6.61 Å². The number of unbranched alkanes of at least 4 members (excludes halogenated alkanes) is 11. The van der Waals surface area contributed by atoms with Crippen LogP contribution in [-0.4, -0.2) is 80.6 Å². The van der Waals surface area contributed by atoms with Gasteiger partial charge in [0.05, 0.1) is 34.4 Å². The first-order chi connectivity index (χ1) is 31.1. The van der Waals surface area contributed by atoms with Crippen LogP contribution in [0.15, 0.2) is 109 Å². The molecule has 0 heterocycles. The van der Waals surface area contributed by atoms with Crippen molar-refractivity contribution in [2.75, 3.05) is 41.0 Å². The zero-order valence-corrected chi connectivity index (χ0v) is 41.2. The van der Waals surface area contributed by atoms with E-state index < -0.39 is 18.1 Å². The standard InChI is InChI=1S/C56H91NO7/c1-6-8-10-12-14-16-18-20-22-24-26-27-29-31-33-35-37-39-41-43-45-47-55(59)64-52(50-62-49-48-53(56(60)61)57(3,4)5)51-63-54(58)46-44-42-40-38-36-34-32-30-28-25-23-21-19-17-15-13-11-9-7-2/h8-11,14-17,20-23,28,30,34,36,40,42,52-53H,6-7,12-13,18-19,24-27,29,31-33,35,37-39,41,43-51H2,1-5H3/p+1/b10-8+,11-9+,16-14+,17-15+,22-20+,23-21+,30-28+,36-34+,42-40+. The molecule has 0 aliphatic rings. The Hall–Kier alpha value is -4.01. The summed E-state index contributed by atoms with van der Waals surface area (Å²) in [7, 11) is 5.50. The third-order valence-corrected chi connectivity index (χ3v) is 10.4. The van der Waals surface area contributed by atoms with Gasteiger partial charge in [0.25, 0.3) is 0 Å². The van der Waals surface area contributed by atoms with Crippen LogP contribution in [0.4, 0.5) is 0 Å². The average molecular weight is 891 g/mol. The second-order valence-corrected chi connectivity index (χ2v) is 17.3. The summed E-state index contributed by atoms with van der Waals surface area (Å²) >= 11 is 0. The van der Waals surface area contributed by atoms with E-state index in [2.05, 4.69) is 111 Å². The number of nitrogens with zero attached hydrogens (tertiary/aromatic N) is 1. The second-order valence-electron chi connectivity index (χ2n) is 17.3. The fraction of sp³-hybridized carbons (Fsp3) is 0.625. The molecule has 2 unspecified atom stereocenters. The van der Waals surface area contributed by atoms with Gasteiger partial charge < -0.3 is 23.8 Å². The molecule has 0 aromatic heterocycles. The molecule has 8 nitrogen and oxygen atoms in total. The lowest BCUT2D eigenvalue weighted by molar-refractivity contribution is -0.887. The number of quaternary nitrogens is 1. The van der Waals surface area contributed by atoms with Crippen molar-refractivity contribution in [1.82, 2.24) is 0 Å². The zero-order valence-electron chi connectivity index (χ0n) is 41.2. The molecule has 0 aromatic carbocycles. The highest BCUT2D eigenvalue weighted by Gasteiger charge is 2.31. The number of hydrogen-bond acceptors (Lipinski definition) is 6. The van der Waals surface area contributed by atoms with Gasteiger partial charge in [-0.1, -0.05) is 181 Å². The quantitative estimate of drug-likeness (QED) is 0.0282. The Morgan fingerprint density at radius 2 is 0.859 bits per heavy atom. The highest BCUT2D eigenvalue weighted by Crippen LogP contribution is 2.14. The maximum atomic E-state index is 12.8. The first-order valence-corrected chi connectivity index (χ1v) is 24.9. The van der Waals surface area contributed by atoms with E-state index in [4.69, 9.17) is 14.2 Å². The van der Waals surface area contributed by atoms with E-state index in [1.807, 2.05) is 33.3 Å². The van der Waals surface area contributed by atoms with E-state index in [1.54, 1.807) is 0 Å². The number of carboxylic acids is 1. The molecule has 0 aliphatic carbocycles. The van der Waals surface area contributed by atoms with Crippen LogP contribution in [-0.2, 0) is 28.6 Å². The summed E-state index contributed by atoms with van der Waals surface area (Å²) in [5, 5.41) is 9.65. The van der Waals surface area contributed by atoms with E-state index >= 15 is 0 Å². The second kappa shape index (κ2) is 45.6. The fourth-order valence-corrected chi connectivity index (χ4v) is 6.66. The van der Waals surface area contributed by atoms with Gasteiger partial charge in [-0.15, -0.1) is 0 Å². The minimum Gasteiger partial charge on any atom is -0.477 e. The lowest BCUT2D eigenvalue weighted by Crippen LogP contribution is -2.50. The largest absolute Gasteiger partial charge is 0.477 e. The number of carboxylic acid groups (broad SMARTS) is 1.